The zero-order valence-corrected chi connectivity index (χ0v) is 15.5. The van der Waals surface area contributed by atoms with Crippen molar-refractivity contribution in [2.75, 3.05) is 57.4 Å². The third-order valence-electron chi connectivity index (χ3n) is 4.80. The van der Waals surface area contributed by atoms with Gasteiger partial charge in [-0.25, -0.2) is 9.78 Å². The molecule has 0 aliphatic carbocycles. The van der Waals surface area contributed by atoms with Crippen LogP contribution in [0.1, 0.15) is 30.1 Å². The minimum Gasteiger partial charge on any atom is -0.462 e. The van der Waals surface area contributed by atoms with Crippen LogP contribution < -0.4 is 4.90 Å². The van der Waals surface area contributed by atoms with Gasteiger partial charge >= 0.3 is 5.97 Å². The van der Waals surface area contributed by atoms with Crippen LogP contribution in [0.25, 0.3) is 0 Å². The SMILES string of the molecule is CCOC(=O)c1cc(N2CCC[C@@H](CN3CCOCC3)C2)ncc1Cl. The first kappa shape index (κ1) is 18.4. The smallest absolute Gasteiger partial charge is 0.339 e. The number of nitrogens with zero attached hydrogens (tertiary/aromatic N) is 3. The molecule has 0 radical (unpaired) electrons. The monoisotopic (exact) mass is 367 g/mol. The van der Waals surface area contributed by atoms with Crippen LogP contribution in [0, 0.1) is 5.92 Å². The number of hydrogen-bond acceptors (Lipinski definition) is 6. The lowest BCUT2D eigenvalue weighted by Crippen LogP contribution is -2.44. The van der Waals surface area contributed by atoms with E-state index in [9.17, 15) is 4.79 Å². The second-order valence-corrected chi connectivity index (χ2v) is 7.02. The summed E-state index contributed by atoms with van der Waals surface area (Å²) in [6.07, 6.45) is 3.91. The van der Waals surface area contributed by atoms with E-state index in [2.05, 4.69) is 14.8 Å². The molecule has 1 aromatic rings. The van der Waals surface area contributed by atoms with E-state index in [0.717, 1.165) is 58.2 Å². The van der Waals surface area contributed by atoms with E-state index in [1.165, 1.54) is 6.42 Å². The van der Waals surface area contributed by atoms with Crippen molar-refractivity contribution in [2.45, 2.75) is 19.8 Å². The van der Waals surface area contributed by atoms with Crippen LogP contribution in [0.5, 0.6) is 0 Å². The van der Waals surface area contributed by atoms with E-state index in [4.69, 9.17) is 21.1 Å². The summed E-state index contributed by atoms with van der Waals surface area (Å²) >= 11 is 6.12. The van der Waals surface area contributed by atoms with Gasteiger partial charge < -0.3 is 14.4 Å². The van der Waals surface area contributed by atoms with Gasteiger partial charge in [-0.2, -0.15) is 0 Å². The third kappa shape index (κ3) is 4.84. The van der Waals surface area contributed by atoms with Crippen molar-refractivity contribution in [3.8, 4) is 0 Å². The summed E-state index contributed by atoms with van der Waals surface area (Å²) in [5, 5.41) is 0.337. The van der Waals surface area contributed by atoms with E-state index >= 15 is 0 Å². The molecule has 0 spiro atoms. The Morgan fingerprint density at radius 3 is 2.96 bits per heavy atom. The summed E-state index contributed by atoms with van der Waals surface area (Å²) in [6, 6.07) is 1.76. The highest BCUT2D eigenvalue weighted by Gasteiger charge is 2.25. The van der Waals surface area contributed by atoms with E-state index < -0.39 is 5.97 Å². The third-order valence-corrected chi connectivity index (χ3v) is 5.10. The molecule has 0 bridgehead atoms. The Kier molecular flexibility index (Phi) is 6.51. The number of halogens is 1. The molecule has 0 aromatic carbocycles. The average molecular weight is 368 g/mol. The van der Waals surface area contributed by atoms with Gasteiger partial charge in [-0.15, -0.1) is 0 Å². The van der Waals surface area contributed by atoms with Gasteiger partial charge in [-0.1, -0.05) is 11.6 Å². The lowest BCUT2D eigenvalue weighted by molar-refractivity contribution is 0.0296. The number of hydrogen-bond donors (Lipinski definition) is 0. The Morgan fingerprint density at radius 2 is 2.20 bits per heavy atom. The highest BCUT2D eigenvalue weighted by molar-refractivity contribution is 6.33. The number of carbonyl (C=O) groups excluding carboxylic acids is 1. The topological polar surface area (TPSA) is 54.9 Å². The second-order valence-electron chi connectivity index (χ2n) is 6.61. The molecule has 0 N–H and O–H groups in total. The standard InChI is InChI=1S/C18H26ClN3O3/c1-2-25-18(23)15-10-17(20-11-16(15)19)22-5-3-4-14(13-22)12-21-6-8-24-9-7-21/h10-11,14H,2-9,12-13H2,1H3/t14-/m0/s1. The Labute approximate surface area is 154 Å². The van der Waals surface area contributed by atoms with Gasteiger partial charge in [0.25, 0.3) is 0 Å². The molecule has 25 heavy (non-hydrogen) atoms. The first-order valence-electron chi connectivity index (χ1n) is 9.05. The molecule has 0 unspecified atom stereocenters. The minimum absolute atomic E-state index is 0.332. The summed E-state index contributed by atoms with van der Waals surface area (Å²) in [7, 11) is 0. The number of piperidine rings is 1. The number of rotatable bonds is 5. The van der Waals surface area contributed by atoms with Crippen LogP contribution in [0.15, 0.2) is 12.3 Å². The predicted molar refractivity (Wildman–Crippen MR) is 97.4 cm³/mol. The molecule has 0 amide bonds. The van der Waals surface area contributed by atoms with Crippen molar-refractivity contribution in [3.05, 3.63) is 22.8 Å². The van der Waals surface area contributed by atoms with Crippen LogP contribution in [-0.4, -0.2) is 68.4 Å². The summed E-state index contributed by atoms with van der Waals surface area (Å²) in [4.78, 5) is 21.2. The molecule has 2 aliphatic heterocycles. The van der Waals surface area contributed by atoms with E-state index in [1.807, 2.05) is 0 Å². The number of ether oxygens (including phenoxy) is 2. The summed E-state index contributed by atoms with van der Waals surface area (Å²) in [6.45, 7) is 8.82. The van der Waals surface area contributed by atoms with Gasteiger partial charge in [0.15, 0.2) is 0 Å². The summed E-state index contributed by atoms with van der Waals surface area (Å²) < 4.78 is 10.5. The molecule has 0 saturated carbocycles. The fraction of sp³-hybridized carbons (Fsp3) is 0.667. The van der Waals surface area contributed by atoms with Gasteiger partial charge in [-0.3, -0.25) is 4.90 Å². The Balaban J connectivity index is 1.66. The predicted octanol–water partition coefficient (Wildman–Crippen LogP) is 2.46. The van der Waals surface area contributed by atoms with Gasteiger partial charge in [0, 0.05) is 38.9 Å². The van der Waals surface area contributed by atoms with Crippen LogP contribution in [0.4, 0.5) is 5.82 Å². The van der Waals surface area contributed by atoms with Crippen molar-refractivity contribution in [3.63, 3.8) is 0 Å². The van der Waals surface area contributed by atoms with Gasteiger partial charge in [-0.05, 0) is 31.7 Å². The van der Waals surface area contributed by atoms with Crippen molar-refractivity contribution >= 4 is 23.4 Å². The number of carbonyl (C=O) groups is 1. The molecule has 138 valence electrons. The summed E-state index contributed by atoms with van der Waals surface area (Å²) in [5.74, 6) is 1.02. The highest BCUT2D eigenvalue weighted by Crippen LogP contribution is 2.26. The first-order chi connectivity index (χ1) is 12.2. The molecular formula is C18H26ClN3O3. The fourth-order valence-corrected chi connectivity index (χ4v) is 3.72. The van der Waals surface area contributed by atoms with Gasteiger partial charge in [0.1, 0.15) is 5.82 Å². The van der Waals surface area contributed by atoms with Crippen LogP contribution in [-0.2, 0) is 9.47 Å². The molecule has 6 nitrogen and oxygen atoms in total. The molecule has 2 aliphatic rings. The molecular weight excluding hydrogens is 342 g/mol. The van der Waals surface area contributed by atoms with E-state index in [1.54, 1.807) is 19.2 Å². The average Bonchev–Trinajstić information content (AvgIpc) is 2.63. The van der Waals surface area contributed by atoms with Crippen molar-refractivity contribution in [1.82, 2.24) is 9.88 Å². The maximum Gasteiger partial charge on any atom is 0.339 e. The van der Waals surface area contributed by atoms with Crippen LogP contribution in [0.3, 0.4) is 0 Å². The number of esters is 1. The Hall–Kier alpha value is -1.37. The van der Waals surface area contributed by atoms with Crippen LogP contribution >= 0.6 is 11.6 Å². The van der Waals surface area contributed by atoms with Crippen molar-refractivity contribution in [2.24, 2.45) is 5.92 Å². The lowest BCUT2D eigenvalue weighted by atomic mass is 9.97. The normalized spacial score (nSPS) is 22.0. The zero-order valence-electron chi connectivity index (χ0n) is 14.7. The lowest BCUT2D eigenvalue weighted by Gasteiger charge is -2.37. The largest absolute Gasteiger partial charge is 0.462 e. The van der Waals surface area contributed by atoms with Gasteiger partial charge in [0.05, 0.1) is 30.4 Å². The molecule has 3 rings (SSSR count). The van der Waals surface area contributed by atoms with E-state index in [0.29, 0.717) is 23.1 Å². The van der Waals surface area contributed by atoms with Crippen molar-refractivity contribution < 1.29 is 14.3 Å². The van der Waals surface area contributed by atoms with Gasteiger partial charge in [0.2, 0.25) is 0 Å². The molecule has 2 fully saturated rings. The maximum absolute atomic E-state index is 12.1. The zero-order chi connectivity index (χ0) is 17.6. The number of pyridine rings is 1. The first-order valence-corrected chi connectivity index (χ1v) is 9.43. The number of morpholine rings is 1. The molecule has 3 heterocycles. The van der Waals surface area contributed by atoms with Crippen LogP contribution in [0.2, 0.25) is 5.02 Å². The number of anilines is 1. The summed E-state index contributed by atoms with van der Waals surface area (Å²) in [5.41, 5.74) is 0.392. The Bertz CT molecular complexity index is 593. The molecule has 7 heteroatoms. The minimum atomic E-state index is -0.391. The van der Waals surface area contributed by atoms with E-state index in [-0.39, 0.29) is 0 Å². The number of aromatic nitrogens is 1. The molecule has 1 atom stereocenters. The fourth-order valence-electron chi connectivity index (χ4n) is 3.54. The Morgan fingerprint density at radius 1 is 1.40 bits per heavy atom. The van der Waals surface area contributed by atoms with Crippen molar-refractivity contribution in [1.29, 1.82) is 0 Å². The maximum atomic E-state index is 12.1. The molecule has 1 aromatic heterocycles. The highest BCUT2D eigenvalue weighted by atomic mass is 35.5. The molecule has 2 saturated heterocycles. The quantitative estimate of drug-likeness (QED) is 0.745. The second kappa shape index (κ2) is 8.83.